The second-order valence-corrected chi connectivity index (χ2v) is 8.87. The molecule has 2 aromatic carbocycles. The fourth-order valence-electron chi connectivity index (χ4n) is 2.79. The van der Waals surface area contributed by atoms with Gasteiger partial charge in [0, 0.05) is 21.2 Å². The molecule has 0 aliphatic carbocycles. The molecule has 3 aromatic rings. The summed E-state index contributed by atoms with van der Waals surface area (Å²) in [4.78, 5) is 12.6. The molecule has 1 amide bonds. The first kappa shape index (κ1) is 22.5. The summed E-state index contributed by atoms with van der Waals surface area (Å²) in [5, 5.41) is 13.0. The molecule has 0 saturated heterocycles. The molecule has 0 bridgehead atoms. The lowest BCUT2D eigenvalue weighted by molar-refractivity contribution is 0.0947. The summed E-state index contributed by atoms with van der Waals surface area (Å²) in [6, 6.07) is 11.9. The minimum Gasteiger partial charge on any atom is -0.337 e. The second kappa shape index (κ2) is 8.93. The first-order chi connectivity index (χ1) is 14.1. The zero-order valence-corrected chi connectivity index (χ0v) is 18.6. The predicted molar refractivity (Wildman–Crippen MR) is 117 cm³/mol. The number of nitrogens with one attached hydrogen (secondary N) is 2. The molecule has 3 rings (SSSR count). The van der Waals surface area contributed by atoms with Crippen molar-refractivity contribution in [2.45, 2.75) is 6.92 Å². The van der Waals surface area contributed by atoms with Crippen molar-refractivity contribution >= 4 is 50.9 Å². The van der Waals surface area contributed by atoms with Gasteiger partial charge in [-0.15, -0.1) is 0 Å². The van der Waals surface area contributed by atoms with Gasteiger partial charge in [-0.2, -0.15) is 18.2 Å². The number of rotatable bonds is 6. The van der Waals surface area contributed by atoms with Gasteiger partial charge in [0.2, 0.25) is 0 Å². The molecule has 1 heterocycles. The molecule has 0 spiro atoms. The largest absolute Gasteiger partial charge is 0.337 e. The van der Waals surface area contributed by atoms with Crippen LogP contribution in [0.1, 0.15) is 16.1 Å². The van der Waals surface area contributed by atoms with Crippen LogP contribution >= 0.6 is 34.8 Å². The summed E-state index contributed by atoms with van der Waals surface area (Å²) in [5.41, 5.74) is 2.51. The number of nitrogens with two attached hydrogens (primary N) is 1. The Hall–Kier alpha value is -2.14. The van der Waals surface area contributed by atoms with Gasteiger partial charge >= 0.3 is 0 Å². The van der Waals surface area contributed by atoms with Crippen molar-refractivity contribution in [3.8, 4) is 16.9 Å². The lowest BCUT2D eigenvalue weighted by atomic mass is 10.1. The quantitative estimate of drug-likeness (QED) is 0.461. The SMILES string of the molecule is Cc1c(C(=O)NCNS(N)(=O)=O)nn(-c2ccc(Cl)cc2Cl)c1-c1ccc(Cl)cc1. The Labute approximate surface area is 188 Å². The first-order valence-corrected chi connectivity index (χ1v) is 11.1. The van der Waals surface area contributed by atoms with E-state index in [1.807, 2.05) is 4.72 Å². The van der Waals surface area contributed by atoms with Gasteiger partial charge in [-0.3, -0.25) is 4.79 Å². The maximum absolute atomic E-state index is 12.6. The minimum absolute atomic E-state index is 0.0854. The molecule has 0 aliphatic heterocycles. The highest BCUT2D eigenvalue weighted by Crippen LogP contribution is 2.33. The van der Waals surface area contributed by atoms with Gasteiger partial charge in [0.25, 0.3) is 16.1 Å². The van der Waals surface area contributed by atoms with E-state index in [4.69, 9.17) is 39.9 Å². The molecule has 0 radical (unpaired) electrons. The molecule has 0 aliphatic rings. The highest BCUT2D eigenvalue weighted by atomic mass is 35.5. The van der Waals surface area contributed by atoms with Crippen molar-refractivity contribution in [3.63, 3.8) is 0 Å². The van der Waals surface area contributed by atoms with Crippen molar-refractivity contribution in [1.29, 1.82) is 0 Å². The molecule has 1 aromatic heterocycles. The molecular formula is C18H16Cl3N5O3S. The fourth-order valence-corrected chi connectivity index (χ4v) is 3.67. The Morgan fingerprint density at radius 3 is 2.33 bits per heavy atom. The average Bonchev–Trinajstić information content (AvgIpc) is 2.98. The molecule has 0 atom stereocenters. The summed E-state index contributed by atoms with van der Waals surface area (Å²) < 4.78 is 25.5. The highest BCUT2D eigenvalue weighted by Gasteiger charge is 2.23. The van der Waals surface area contributed by atoms with Gasteiger partial charge in [-0.1, -0.05) is 46.9 Å². The molecule has 4 N–H and O–H groups in total. The summed E-state index contributed by atoms with van der Waals surface area (Å²) in [6.07, 6.45) is 0. The van der Waals surface area contributed by atoms with Crippen molar-refractivity contribution in [1.82, 2.24) is 19.8 Å². The van der Waals surface area contributed by atoms with E-state index in [-0.39, 0.29) is 12.4 Å². The zero-order chi connectivity index (χ0) is 22.1. The van der Waals surface area contributed by atoms with E-state index in [1.54, 1.807) is 49.4 Å². The minimum atomic E-state index is -3.95. The molecule has 12 heteroatoms. The monoisotopic (exact) mass is 487 g/mol. The van der Waals surface area contributed by atoms with Crippen LogP contribution in [0.2, 0.25) is 15.1 Å². The third-order valence-corrected chi connectivity index (χ3v) is 5.45. The summed E-state index contributed by atoms with van der Waals surface area (Å²) >= 11 is 18.4. The van der Waals surface area contributed by atoms with Crippen LogP contribution in [-0.4, -0.2) is 30.8 Å². The lowest BCUT2D eigenvalue weighted by Crippen LogP contribution is -2.40. The molecular weight excluding hydrogens is 473 g/mol. The van der Waals surface area contributed by atoms with Crippen LogP contribution in [0.4, 0.5) is 0 Å². The van der Waals surface area contributed by atoms with Crippen molar-refractivity contribution in [2.75, 3.05) is 6.67 Å². The Kier molecular flexibility index (Phi) is 6.71. The molecule has 30 heavy (non-hydrogen) atoms. The third kappa shape index (κ3) is 5.12. The topological polar surface area (TPSA) is 119 Å². The Morgan fingerprint density at radius 2 is 1.73 bits per heavy atom. The number of benzene rings is 2. The van der Waals surface area contributed by atoms with Gasteiger partial charge in [0.05, 0.1) is 23.1 Å². The van der Waals surface area contributed by atoms with Crippen LogP contribution in [0.3, 0.4) is 0 Å². The molecule has 0 saturated carbocycles. The number of amides is 1. The Morgan fingerprint density at radius 1 is 1.10 bits per heavy atom. The second-order valence-electron chi connectivity index (χ2n) is 6.21. The summed E-state index contributed by atoms with van der Waals surface area (Å²) in [7, 11) is -3.95. The number of aromatic nitrogens is 2. The molecule has 158 valence electrons. The summed E-state index contributed by atoms with van der Waals surface area (Å²) in [6.45, 7) is 1.33. The van der Waals surface area contributed by atoms with Gasteiger partial charge in [-0.25, -0.2) is 9.82 Å². The van der Waals surface area contributed by atoms with Gasteiger partial charge < -0.3 is 5.32 Å². The molecule has 8 nitrogen and oxygen atoms in total. The number of halogens is 3. The standard InChI is InChI=1S/C18H16Cl3N5O3S/c1-10-16(18(27)23-9-24-30(22,28)29)25-26(15-7-6-13(20)8-14(15)21)17(10)11-2-4-12(19)5-3-11/h2-8,24H,9H2,1H3,(H,23,27)(H2,22,28,29). The van der Waals surface area contributed by atoms with Crippen LogP contribution in [0, 0.1) is 6.92 Å². The van der Waals surface area contributed by atoms with Crippen LogP contribution < -0.4 is 15.2 Å². The third-order valence-electron chi connectivity index (χ3n) is 4.12. The van der Waals surface area contributed by atoms with E-state index in [0.717, 1.165) is 5.56 Å². The number of hydrogen-bond donors (Lipinski definition) is 3. The van der Waals surface area contributed by atoms with E-state index in [9.17, 15) is 13.2 Å². The fraction of sp³-hybridized carbons (Fsp3) is 0.111. The first-order valence-electron chi connectivity index (χ1n) is 8.43. The van der Waals surface area contributed by atoms with E-state index < -0.39 is 16.1 Å². The van der Waals surface area contributed by atoms with Crippen LogP contribution in [0.25, 0.3) is 16.9 Å². The Balaban J connectivity index is 2.09. The van der Waals surface area contributed by atoms with Crippen LogP contribution in [0.15, 0.2) is 42.5 Å². The molecule has 0 fully saturated rings. The maximum Gasteiger partial charge on any atom is 0.275 e. The van der Waals surface area contributed by atoms with E-state index in [0.29, 0.717) is 32.0 Å². The van der Waals surface area contributed by atoms with Crippen molar-refractivity contribution in [2.24, 2.45) is 5.14 Å². The van der Waals surface area contributed by atoms with Crippen LogP contribution in [-0.2, 0) is 10.2 Å². The van der Waals surface area contributed by atoms with Crippen LogP contribution in [0.5, 0.6) is 0 Å². The van der Waals surface area contributed by atoms with Gasteiger partial charge in [-0.05, 0) is 37.3 Å². The number of carbonyl (C=O) groups excluding carboxylic acids is 1. The van der Waals surface area contributed by atoms with E-state index >= 15 is 0 Å². The normalized spacial score (nSPS) is 11.5. The molecule has 0 unspecified atom stereocenters. The van der Waals surface area contributed by atoms with E-state index in [2.05, 4.69) is 10.4 Å². The zero-order valence-electron chi connectivity index (χ0n) is 15.5. The lowest BCUT2D eigenvalue weighted by Gasteiger charge is -2.11. The maximum atomic E-state index is 12.6. The van der Waals surface area contributed by atoms with E-state index in [1.165, 1.54) is 4.68 Å². The smallest absolute Gasteiger partial charge is 0.275 e. The highest BCUT2D eigenvalue weighted by molar-refractivity contribution is 7.87. The predicted octanol–water partition coefficient (Wildman–Crippen LogP) is 3.29. The average molecular weight is 489 g/mol. The summed E-state index contributed by atoms with van der Waals surface area (Å²) in [5.74, 6) is -0.595. The Bertz CT molecular complexity index is 1210. The number of carbonyl (C=O) groups is 1. The van der Waals surface area contributed by atoms with Crippen molar-refractivity contribution < 1.29 is 13.2 Å². The van der Waals surface area contributed by atoms with Crippen molar-refractivity contribution in [3.05, 3.63) is 68.8 Å². The van der Waals surface area contributed by atoms with Gasteiger partial charge in [0.15, 0.2) is 5.69 Å². The number of hydrogen-bond acceptors (Lipinski definition) is 4. The number of nitrogens with zero attached hydrogens (tertiary/aromatic N) is 2. The van der Waals surface area contributed by atoms with Gasteiger partial charge in [0.1, 0.15) is 0 Å².